The van der Waals surface area contributed by atoms with Crippen LogP contribution in [0.3, 0.4) is 0 Å². The summed E-state index contributed by atoms with van der Waals surface area (Å²) < 4.78 is 0. The van der Waals surface area contributed by atoms with Crippen LogP contribution >= 0.6 is 0 Å². The standard InChI is InChI=1S/C23H21N5O4/c29-19-9-8-17(21(30)26-19)28-22(31)15-7-4-12-27(20(15)23(28)32)13-18-24-11-10-16(25-18)14-5-2-1-3-6-14/h1-3,5-6,10-11,17H,4,7-9,12-13H2,(H,26,29,30). The zero-order valence-corrected chi connectivity index (χ0v) is 17.3. The number of benzene rings is 1. The summed E-state index contributed by atoms with van der Waals surface area (Å²) in [4.78, 5) is 61.9. The monoisotopic (exact) mass is 431 g/mol. The molecule has 3 aliphatic heterocycles. The van der Waals surface area contributed by atoms with Crippen LogP contribution in [-0.2, 0) is 25.7 Å². The summed E-state index contributed by atoms with van der Waals surface area (Å²) in [5.74, 6) is -1.38. The molecule has 4 amide bonds. The number of amides is 4. The van der Waals surface area contributed by atoms with E-state index in [-0.39, 0.29) is 25.3 Å². The first-order chi connectivity index (χ1) is 15.5. The number of carbonyl (C=O) groups excluding carboxylic acids is 4. The molecule has 3 aliphatic rings. The van der Waals surface area contributed by atoms with Gasteiger partial charge >= 0.3 is 0 Å². The number of piperidine rings is 1. The van der Waals surface area contributed by atoms with Crippen molar-refractivity contribution in [2.45, 2.75) is 38.3 Å². The lowest BCUT2D eigenvalue weighted by Gasteiger charge is -2.30. The number of imide groups is 2. The van der Waals surface area contributed by atoms with Gasteiger partial charge in [-0.1, -0.05) is 30.3 Å². The highest BCUT2D eigenvalue weighted by Crippen LogP contribution is 2.34. The highest BCUT2D eigenvalue weighted by Gasteiger charge is 2.48. The van der Waals surface area contributed by atoms with Crippen LogP contribution in [0.2, 0.25) is 0 Å². The van der Waals surface area contributed by atoms with E-state index in [0.717, 1.165) is 16.2 Å². The Hall–Kier alpha value is -3.88. The average Bonchev–Trinajstić information content (AvgIpc) is 3.06. The van der Waals surface area contributed by atoms with Gasteiger partial charge in [-0.05, 0) is 25.3 Å². The number of hydrogen-bond donors (Lipinski definition) is 1. The second kappa shape index (κ2) is 7.99. The van der Waals surface area contributed by atoms with E-state index >= 15 is 0 Å². The van der Waals surface area contributed by atoms with Crippen LogP contribution in [0.1, 0.15) is 31.5 Å². The molecule has 1 atom stereocenters. The van der Waals surface area contributed by atoms with Gasteiger partial charge < -0.3 is 4.90 Å². The quantitative estimate of drug-likeness (QED) is 0.723. The van der Waals surface area contributed by atoms with Gasteiger partial charge in [-0.2, -0.15) is 0 Å². The topological polar surface area (TPSA) is 113 Å². The van der Waals surface area contributed by atoms with Gasteiger partial charge in [-0.15, -0.1) is 0 Å². The molecule has 2 aromatic rings. The Kier molecular flexibility index (Phi) is 5.01. The summed E-state index contributed by atoms with van der Waals surface area (Å²) in [7, 11) is 0. The Balaban J connectivity index is 1.40. The molecule has 9 nitrogen and oxygen atoms in total. The van der Waals surface area contributed by atoms with E-state index in [9.17, 15) is 19.2 Å². The van der Waals surface area contributed by atoms with Crippen molar-refractivity contribution in [1.29, 1.82) is 0 Å². The molecule has 1 fully saturated rings. The van der Waals surface area contributed by atoms with Crippen molar-refractivity contribution in [3.8, 4) is 11.3 Å². The van der Waals surface area contributed by atoms with E-state index in [2.05, 4.69) is 15.3 Å². The van der Waals surface area contributed by atoms with E-state index < -0.39 is 23.8 Å². The van der Waals surface area contributed by atoms with Crippen molar-refractivity contribution in [2.24, 2.45) is 0 Å². The van der Waals surface area contributed by atoms with Crippen LogP contribution in [-0.4, -0.2) is 56.0 Å². The molecule has 0 radical (unpaired) electrons. The van der Waals surface area contributed by atoms with Gasteiger partial charge in [0.2, 0.25) is 11.8 Å². The minimum Gasteiger partial charge on any atom is -0.359 e. The minimum absolute atomic E-state index is 0.0992. The van der Waals surface area contributed by atoms with E-state index in [4.69, 9.17) is 0 Å². The van der Waals surface area contributed by atoms with E-state index in [1.807, 2.05) is 41.3 Å². The van der Waals surface area contributed by atoms with Crippen molar-refractivity contribution < 1.29 is 19.2 Å². The second-order valence-electron chi connectivity index (χ2n) is 8.02. The second-order valence-corrected chi connectivity index (χ2v) is 8.02. The highest BCUT2D eigenvalue weighted by molar-refractivity contribution is 6.21. The molecule has 0 saturated carbocycles. The molecule has 1 N–H and O–H groups in total. The van der Waals surface area contributed by atoms with Gasteiger partial charge in [0.15, 0.2) is 0 Å². The third-order valence-electron chi connectivity index (χ3n) is 5.98. The number of carbonyl (C=O) groups is 4. The van der Waals surface area contributed by atoms with Gasteiger partial charge in [0.25, 0.3) is 11.8 Å². The van der Waals surface area contributed by atoms with Crippen molar-refractivity contribution in [3.05, 3.63) is 59.7 Å². The van der Waals surface area contributed by atoms with Crippen molar-refractivity contribution >= 4 is 23.6 Å². The Bertz CT molecular complexity index is 1160. The molecular weight excluding hydrogens is 410 g/mol. The van der Waals surface area contributed by atoms with E-state index in [1.54, 1.807) is 6.20 Å². The van der Waals surface area contributed by atoms with Crippen molar-refractivity contribution in [2.75, 3.05) is 6.54 Å². The maximum absolute atomic E-state index is 13.3. The molecule has 0 aliphatic carbocycles. The smallest absolute Gasteiger partial charge is 0.278 e. The SMILES string of the molecule is O=C1CCC(N2C(=O)C3=C(C2=O)N(Cc2nccc(-c4ccccc4)n2)CCC3)C(=O)N1. The molecule has 0 spiro atoms. The summed E-state index contributed by atoms with van der Waals surface area (Å²) in [5, 5.41) is 2.23. The number of nitrogens with one attached hydrogen (secondary N) is 1. The predicted molar refractivity (Wildman–Crippen MR) is 112 cm³/mol. The zero-order chi connectivity index (χ0) is 22.2. The van der Waals surface area contributed by atoms with E-state index in [1.165, 1.54) is 0 Å². The third kappa shape index (κ3) is 3.45. The highest BCUT2D eigenvalue weighted by atomic mass is 16.2. The first-order valence-electron chi connectivity index (χ1n) is 10.6. The Labute approximate surface area is 184 Å². The number of aromatic nitrogens is 2. The summed E-state index contributed by atoms with van der Waals surface area (Å²) in [6.45, 7) is 0.863. The molecule has 0 bridgehead atoms. The normalized spacial score (nSPS) is 21.2. The maximum Gasteiger partial charge on any atom is 0.278 e. The lowest BCUT2D eigenvalue weighted by Crippen LogP contribution is -2.55. The number of hydrogen-bond acceptors (Lipinski definition) is 7. The largest absolute Gasteiger partial charge is 0.359 e. The lowest BCUT2D eigenvalue weighted by atomic mass is 10.0. The maximum atomic E-state index is 13.3. The molecule has 9 heteroatoms. The van der Waals surface area contributed by atoms with Crippen LogP contribution < -0.4 is 5.32 Å². The fourth-order valence-corrected chi connectivity index (χ4v) is 4.48. The zero-order valence-electron chi connectivity index (χ0n) is 17.3. The first-order valence-corrected chi connectivity index (χ1v) is 10.6. The Morgan fingerprint density at radius 3 is 2.59 bits per heavy atom. The Morgan fingerprint density at radius 1 is 1.00 bits per heavy atom. The first kappa shape index (κ1) is 20.0. The summed E-state index contributed by atoms with van der Waals surface area (Å²) in [6, 6.07) is 10.6. The van der Waals surface area contributed by atoms with E-state index in [0.29, 0.717) is 36.5 Å². The fraction of sp³-hybridized carbons (Fsp3) is 0.304. The summed E-state index contributed by atoms with van der Waals surface area (Å²) >= 11 is 0. The van der Waals surface area contributed by atoms with Crippen LogP contribution in [0.25, 0.3) is 11.3 Å². The molecule has 4 heterocycles. The number of rotatable bonds is 4. The number of nitrogens with zero attached hydrogens (tertiary/aromatic N) is 4. The van der Waals surface area contributed by atoms with Gasteiger partial charge in [-0.25, -0.2) is 9.97 Å². The van der Waals surface area contributed by atoms with Crippen LogP contribution in [0.4, 0.5) is 0 Å². The molecule has 162 valence electrons. The molecular formula is C23H21N5O4. The fourth-order valence-electron chi connectivity index (χ4n) is 4.48. The lowest BCUT2D eigenvalue weighted by molar-refractivity contribution is -0.150. The van der Waals surface area contributed by atoms with Gasteiger partial charge in [0.05, 0.1) is 12.2 Å². The third-order valence-corrected chi connectivity index (χ3v) is 5.98. The minimum atomic E-state index is -0.960. The van der Waals surface area contributed by atoms with Crippen LogP contribution in [0, 0.1) is 0 Å². The van der Waals surface area contributed by atoms with Gasteiger partial charge in [-0.3, -0.25) is 29.4 Å². The molecule has 1 aromatic carbocycles. The molecule has 1 saturated heterocycles. The predicted octanol–water partition coefficient (Wildman–Crippen LogP) is 1.17. The molecule has 5 rings (SSSR count). The molecule has 1 aromatic heterocycles. The van der Waals surface area contributed by atoms with Gasteiger partial charge in [0.1, 0.15) is 17.6 Å². The summed E-state index contributed by atoms with van der Waals surface area (Å²) in [6.07, 6.45) is 3.11. The van der Waals surface area contributed by atoms with Crippen LogP contribution in [0.5, 0.6) is 0 Å². The van der Waals surface area contributed by atoms with Crippen LogP contribution in [0.15, 0.2) is 53.9 Å². The molecule has 1 unspecified atom stereocenters. The molecule has 32 heavy (non-hydrogen) atoms. The average molecular weight is 431 g/mol. The van der Waals surface area contributed by atoms with Crippen molar-refractivity contribution in [3.63, 3.8) is 0 Å². The summed E-state index contributed by atoms with van der Waals surface area (Å²) in [5.41, 5.74) is 2.48. The van der Waals surface area contributed by atoms with Gasteiger partial charge in [0, 0.05) is 30.3 Å². The van der Waals surface area contributed by atoms with Crippen molar-refractivity contribution in [1.82, 2.24) is 25.1 Å². The Morgan fingerprint density at radius 2 is 1.81 bits per heavy atom.